The number of rotatable bonds is 5. The summed E-state index contributed by atoms with van der Waals surface area (Å²) in [6.45, 7) is 2.29. The molecule has 1 amide bonds. The molecule has 0 fully saturated rings. The second-order valence-electron chi connectivity index (χ2n) is 5.77. The monoisotopic (exact) mass is 350 g/mol. The van der Waals surface area contributed by atoms with E-state index in [1.165, 1.54) is 0 Å². The van der Waals surface area contributed by atoms with E-state index in [-0.39, 0.29) is 11.3 Å². The van der Waals surface area contributed by atoms with Gasteiger partial charge in [-0.05, 0) is 48.2 Å². The normalized spacial score (nSPS) is 10.5. The second kappa shape index (κ2) is 7.65. The van der Waals surface area contributed by atoms with Gasteiger partial charge >= 0.3 is 5.97 Å². The van der Waals surface area contributed by atoms with Gasteiger partial charge in [0.15, 0.2) is 0 Å². The number of hydrogen-bond donors (Lipinski definition) is 2. The Kier molecular flexibility index (Phi) is 5.12. The maximum Gasteiger partial charge on any atom is 0.338 e. The van der Waals surface area contributed by atoms with Gasteiger partial charge in [0.05, 0.1) is 12.2 Å². The first kappa shape index (κ1) is 17.4. The molecule has 2 N–H and O–H groups in total. The SMILES string of the molecule is CCCOC(=O)c1ccc(NC(=O)c2cc3ccccc3c(=O)[nH]2)cc1. The summed E-state index contributed by atoms with van der Waals surface area (Å²) in [6.07, 6.45) is 0.754. The summed E-state index contributed by atoms with van der Waals surface area (Å²) in [4.78, 5) is 38.8. The fourth-order valence-electron chi connectivity index (χ4n) is 2.50. The number of H-pyrrole nitrogens is 1. The number of aromatic nitrogens is 1. The number of benzene rings is 2. The lowest BCUT2D eigenvalue weighted by Gasteiger charge is -2.07. The molecular weight excluding hydrogens is 332 g/mol. The molecule has 3 rings (SSSR count). The van der Waals surface area contributed by atoms with Crippen molar-refractivity contribution in [2.75, 3.05) is 11.9 Å². The smallest absolute Gasteiger partial charge is 0.338 e. The third-order valence-corrected chi connectivity index (χ3v) is 3.81. The average molecular weight is 350 g/mol. The van der Waals surface area contributed by atoms with Crippen molar-refractivity contribution in [1.29, 1.82) is 0 Å². The van der Waals surface area contributed by atoms with Crippen LogP contribution in [0.15, 0.2) is 59.4 Å². The van der Waals surface area contributed by atoms with Gasteiger partial charge in [-0.25, -0.2) is 4.79 Å². The highest BCUT2D eigenvalue weighted by atomic mass is 16.5. The molecule has 1 aromatic heterocycles. The lowest BCUT2D eigenvalue weighted by atomic mass is 10.1. The predicted molar refractivity (Wildman–Crippen MR) is 99.5 cm³/mol. The van der Waals surface area contributed by atoms with Crippen LogP contribution < -0.4 is 10.9 Å². The number of carbonyl (C=O) groups excluding carboxylic acids is 2. The van der Waals surface area contributed by atoms with E-state index in [2.05, 4.69) is 10.3 Å². The Morgan fingerprint density at radius 3 is 2.54 bits per heavy atom. The largest absolute Gasteiger partial charge is 0.462 e. The van der Waals surface area contributed by atoms with Crippen molar-refractivity contribution in [2.24, 2.45) is 0 Å². The van der Waals surface area contributed by atoms with Gasteiger partial charge in [0.1, 0.15) is 5.69 Å². The number of carbonyl (C=O) groups is 2. The molecule has 0 unspecified atom stereocenters. The van der Waals surface area contributed by atoms with E-state index in [0.717, 1.165) is 6.42 Å². The van der Waals surface area contributed by atoms with Crippen LogP contribution in [0, 0.1) is 0 Å². The molecule has 1 heterocycles. The Labute approximate surface area is 149 Å². The highest BCUT2D eigenvalue weighted by molar-refractivity contribution is 6.05. The molecule has 132 valence electrons. The molecule has 0 aliphatic carbocycles. The van der Waals surface area contributed by atoms with E-state index >= 15 is 0 Å². The standard InChI is InChI=1S/C20H18N2O4/c1-2-11-26-20(25)13-7-9-15(10-8-13)21-19(24)17-12-14-5-3-4-6-16(14)18(23)22-17/h3-10,12H,2,11H2,1H3,(H,21,24)(H,22,23). The van der Waals surface area contributed by atoms with Gasteiger partial charge in [0, 0.05) is 11.1 Å². The zero-order valence-corrected chi connectivity index (χ0v) is 14.2. The molecule has 0 saturated carbocycles. The summed E-state index contributed by atoms with van der Waals surface area (Å²) >= 11 is 0. The summed E-state index contributed by atoms with van der Waals surface area (Å²) in [7, 11) is 0. The lowest BCUT2D eigenvalue weighted by Crippen LogP contribution is -2.19. The van der Waals surface area contributed by atoms with Crippen molar-refractivity contribution in [3.63, 3.8) is 0 Å². The van der Waals surface area contributed by atoms with Crippen molar-refractivity contribution in [1.82, 2.24) is 4.98 Å². The molecular formula is C20H18N2O4. The molecule has 2 aromatic carbocycles. The molecule has 6 nitrogen and oxygen atoms in total. The van der Waals surface area contributed by atoms with Crippen LogP contribution in [-0.4, -0.2) is 23.5 Å². The number of esters is 1. The van der Waals surface area contributed by atoms with E-state index < -0.39 is 11.9 Å². The van der Waals surface area contributed by atoms with Crippen molar-refractivity contribution < 1.29 is 14.3 Å². The zero-order valence-electron chi connectivity index (χ0n) is 14.2. The third kappa shape index (κ3) is 3.80. The summed E-state index contributed by atoms with van der Waals surface area (Å²) in [5.74, 6) is -0.835. The van der Waals surface area contributed by atoms with Crippen LogP contribution in [-0.2, 0) is 4.74 Å². The first-order valence-corrected chi connectivity index (χ1v) is 8.29. The fraction of sp³-hybridized carbons (Fsp3) is 0.150. The van der Waals surface area contributed by atoms with Gasteiger partial charge in [-0.15, -0.1) is 0 Å². The van der Waals surface area contributed by atoms with Crippen LogP contribution in [0.4, 0.5) is 5.69 Å². The molecule has 0 bridgehead atoms. The Balaban J connectivity index is 1.76. The molecule has 0 radical (unpaired) electrons. The van der Waals surface area contributed by atoms with Gasteiger partial charge < -0.3 is 15.0 Å². The van der Waals surface area contributed by atoms with E-state index in [1.54, 1.807) is 54.6 Å². The van der Waals surface area contributed by atoms with Gasteiger partial charge in [-0.2, -0.15) is 0 Å². The van der Waals surface area contributed by atoms with Crippen LogP contribution in [0.5, 0.6) is 0 Å². The first-order valence-electron chi connectivity index (χ1n) is 8.29. The summed E-state index contributed by atoms with van der Waals surface area (Å²) in [5, 5.41) is 3.92. The van der Waals surface area contributed by atoms with E-state index in [0.29, 0.717) is 28.6 Å². The quantitative estimate of drug-likeness (QED) is 0.691. The van der Waals surface area contributed by atoms with Crippen molar-refractivity contribution in [3.8, 4) is 0 Å². The topological polar surface area (TPSA) is 88.3 Å². The van der Waals surface area contributed by atoms with Crippen LogP contribution in [0.1, 0.15) is 34.2 Å². The first-order chi connectivity index (χ1) is 12.6. The number of pyridine rings is 1. The molecule has 0 atom stereocenters. The molecule has 0 aliphatic rings. The number of anilines is 1. The number of aromatic amines is 1. The van der Waals surface area contributed by atoms with Gasteiger partial charge in [-0.3, -0.25) is 9.59 Å². The Morgan fingerprint density at radius 1 is 1.08 bits per heavy atom. The van der Waals surface area contributed by atoms with Crippen molar-refractivity contribution in [3.05, 3.63) is 76.2 Å². The van der Waals surface area contributed by atoms with Crippen LogP contribution >= 0.6 is 0 Å². The summed E-state index contributed by atoms with van der Waals surface area (Å²) < 4.78 is 5.06. The lowest BCUT2D eigenvalue weighted by molar-refractivity contribution is 0.0505. The molecule has 0 aliphatic heterocycles. The summed E-state index contributed by atoms with van der Waals surface area (Å²) in [5.41, 5.74) is 0.772. The maximum atomic E-state index is 12.4. The van der Waals surface area contributed by atoms with Crippen LogP contribution in [0.3, 0.4) is 0 Å². The van der Waals surface area contributed by atoms with E-state index in [4.69, 9.17) is 4.74 Å². The minimum absolute atomic E-state index is 0.167. The molecule has 3 aromatic rings. The van der Waals surface area contributed by atoms with Crippen LogP contribution in [0.25, 0.3) is 10.8 Å². The Bertz CT molecular complexity index is 1010. The minimum Gasteiger partial charge on any atom is -0.462 e. The average Bonchev–Trinajstić information content (AvgIpc) is 2.66. The van der Waals surface area contributed by atoms with E-state index in [1.807, 2.05) is 6.92 Å². The van der Waals surface area contributed by atoms with Gasteiger partial charge in [0.25, 0.3) is 11.5 Å². The number of fused-ring (bicyclic) bond motifs is 1. The van der Waals surface area contributed by atoms with Crippen LogP contribution in [0.2, 0.25) is 0 Å². The number of ether oxygens (including phenoxy) is 1. The molecule has 0 spiro atoms. The van der Waals surface area contributed by atoms with E-state index in [9.17, 15) is 14.4 Å². The highest BCUT2D eigenvalue weighted by Gasteiger charge is 2.11. The molecule has 0 saturated heterocycles. The molecule has 26 heavy (non-hydrogen) atoms. The number of nitrogens with one attached hydrogen (secondary N) is 2. The zero-order chi connectivity index (χ0) is 18.5. The van der Waals surface area contributed by atoms with Crippen molar-refractivity contribution in [2.45, 2.75) is 13.3 Å². The second-order valence-corrected chi connectivity index (χ2v) is 5.77. The van der Waals surface area contributed by atoms with Gasteiger partial charge in [-0.1, -0.05) is 25.1 Å². The Morgan fingerprint density at radius 2 is 1.81 bits per heavy atom. The maximum absolute atomic E-state index is 12.4. The fourth-order valence-corrected chi connectivity index (χ4v) is 2.50. The van der Waals surface area contributed by atoms with Crippen molar-refractivity contribution >= 4 is 28.3 Å². The number of amides is 1. The predicted octanol–water partition coefficient (Wildman–Crippen LogP) is 3.35. The summed E-state index contributed by atoms with van der Waals surface area (Å²) in [6, 6.07) is 15.1. The minimum atomic E-state index is -0.436. The highest BCUT2D eigenvalue weighted by Crippen LogP contribution is 2.14. The Hall–Kier alpha value is -3.41. The number of hydrogen-bond acceptors (Lipinski definition) is 4. The van der Waals surface area contributed by atoms with Gasteiger partial charge in [0.2, 0.25) is 0 Å². The third-order valence-electron chi connectivity index (χ3n) is 3.81. The molecule has 6 heteroatoms.